The lowest BCUT2D eigenvalue weighted by molar-refractivity contribution is -0.119. The van der Waals surface area contributed by atoms with Crippen LogP contribution in [0.3, 0.4) is 0 Å². The summed E-state index contributed by atoms with van der Waals surface area (Å²) in [6.07, 6.45) is 2.50. The highest BCUT2D eigenvalue weighted by Crippen LogP contribution is 2.37. The Labute approximate surface area is 299 Å². The van der Waals surface area contributed by atoms with Crippen molar-refractivity contribution in [1.29, 1.82) is 0 Å². The highest BCUT2D eigenvalue weighted by atomic mass is 35.5. The first kappa shape index (κ1) is 37.7. The molecule has 0 bridgehead atoms. The molecule has 0 aliphatic carbocycles. The maximum Gasteiger partial charge on any atom is 0.407 e. The van der Waals surface area contributed by atoms with Gasteiger partial charge in [0.25, 0.3) is 0 Å². The summed E-state index contributed by atoms with van der Waals surface area (Å²) in [5, 5.41) is 9.58. The third-order valence-corrected chi connectivity index (χ3v) is 11.9. The van der Waals surface area contributed by atoms with E-state index in [0.29, 0.717) is 57.0 Å². The molecule has 50 heavy (non-hydrogen) atoms. The Morgan fingerprint density at radius 3 is 2.34 bits per heavy atom. The van der Waals surface area contributed by atoms with Gasteiger partial charge in [-0.25, -0.2) is 17.6 Å². The van der Waals surface area contributed by atoms with Crippen molar-refractivity contribution in [2.24, 2.45) is 5.92 Å². The fourth-order valence-corrected chi connectivity index (χ4v) is 9.26. The zero-order chi connectivity index (χ0) is 35.7. The van der Waals surface area contributed by atoms with Gasteiger partial charge in [0, 0.05) is 60.6 Å². The van der Waals surface area contributed by atoms with Crippen LogP contribution in [-0.4, -0.2) is 76.3 Å². The Bertz CT molecular complexity index is 1690. The van der Waals surface area contributed by atoms with Crippen molar-refractivity contribution in [3.8, 4) is 0 Å². The first-order valence-electron chi connectivity index (χ1n) is 17.2. The van der Waals surface area contributed by atoms with Gasteiger partial charge in [0.05, 0.1) is 12.0 Å². The minimum Gasteiger partial charge on any atom is -0.453 e. The van der Waals surface area contributed by atoms with Gasteiger partial charge in [0.2, 0.25) is 15.9 Å². The third kappa shape index (κ3) is 9.02. The SMILES string of the molecule is CCC[C@@H]1CNC[C@H](CCc2c(F)cccc2NC(=O)[C@@H](NC(=O)OC)[C@@H](c2ccc(Cl)cc2)C2CCOCC2)N1S(=O)(=O)c1ccccc1. The number of benzene rings is 3. The van der Waals surface area contributed by atoms with Crippen molar-refractivity contribution >= 4 is 39.3 Å². The predicted octanol–water partition coefficient (Wildman–Crippen LogP) is 6.12. The van der Waals surface area contributed by atoms with Gasteiger partial charge in [-0.3, -0.25) is 4.79 Å². The molecule has 270 valence electrons. The minimum atomic E-state index is -3.84. The molecule has 2 fully saturated rings. The highest BCUT2D eigenvalue weighted by Gasteiger charge is 2.40. The molecule has 3 aromatic carbocycles. The second kappa shape index (κ2) is 17.6. The Hall–Kier alpha value is -3.55. The number of hydrogen-bond donors (Lipinski definition) is 3. The molecule has 0 radical (unpaired) electrons. The van der Waals surface area contributed by atoms with E-state index in [1.807, 2.05) is 19.1 Å². The Morgan fingerprint density at radius 2 is 1.68 bits per heavy atom. The number of amides is 2. The molecule has 0 unspecified atom stereocenters. The number of hydrogen-bond acceptors (Lipinski definition) is 7. The number of rotatable bonds is 13. The molecule has 0 aromatic heterocycles. The molecule has 4 atom stereocenters. The number of methoxy groups -OCH3 is 1. The van der Waals surface area contributed by atoms with Crippen LogP contribution in [0, 0.1) is 11.7 Å². The van der Waals surface area contributed by atoms with E-state index < -0.39 is 45.8 Å². The second-order valence-electron chi connectivity index (χ2n) is 12.8. The zero-order valence-corrected chi connectivity index (χ0v) is 30.0. The van der Waals surface area contributed by atoms with Crippen LogP contribution in [0.4, 0.5) is 14.9 Å². The molecule has 5 rings (SSSR count). The van der Waals surface area contributed by atoms with E-state index >= 15 is 4.39 Å². The van der Waals surface area contributed by atoms with Crippen molar-refractivity contribution in [3.63, 3.8) is 0 Å². The number of ether oxygens (including phenoxy) is 2. The monoisotopic (exact) mass is 728 g/mol. The minimum absolute atomic E-state index is 0.0165. The number of sulfonamides is 1. The number of nitrogens with one attached hydrogen (secondary N) is 3. The second-order valence-corrected chi connectivity index (χ2v) is 15.1. The molecule has 3 aromatic rings. The van der Waals surface area contributed by atoms with Gasteiger partial charge in [-0.1, -0.05) is 61.3 Å². The topological polar surface area (TPSA) is 126 Å². The van der Waals surface area contributed by atoms with Crippen LogP contribution in [0.5, 0.6) is 0 Å². The van der Waals surface area contributed by atoms with E-state index in [-0.39, 0.29) is 34.5 Å². The number of carbonyl (C=O) groups excluding carboxylic acids is 2. The molecule has 2 saturated heterocycles. The van der Waals surface area contributed by atoms with Gasteiger partial charge in [0.1, 0.15) is 11.9 Å². The van der Waals surface area contributed by atoms with E-state index in [1.54, 1.807) is 52.8 Å². The largest absolute Gasteiger partial charge is 0.453 e. The number of halogens is 2. The molecular formula is C37H46ClFN4O6S. The molecule has 10 nitrogen and oxygen atoms in total. The first-order valence-corrected chi connectivity index (χ1v) is 19.0. The Kier molecular flexibility index (Phi) is 13.3. The molecule has 2 heterocycles. The van der Waals surface area contributed by atoms with Gasteiger partial charge < -0.3 is 25.4 Å². The van der Waals surface area contributed by atoms with Crippen molar-refractivity contribution in [2.45, 2.75) is 74.4 Å². The maximum absolute atomic E-state index is 15.7. The lowest BCUT2D eigenvalue weighted by atomic mass is 9.76. The molecule has 0 saturated carbocycles. The number of carbonyl (C=O) groups is 2. The maximum atomic E-state index is 15.7. The standard InChI is InChI=1S/C37H46ClFN4O6S/c1-3-8-28-23-40-24-29(43(28)50(46,47)30-9-5-4-6-10-30)17-18-31-32(39)11-7-12-33(31)41-36(44)35(42-37(45)48-2)34(26-19-21-49-22-20-26)25-13-15-27(38)16-14-25/h4-7,9-16,26,28-29,34-35,40H,3,8,17-24H2,1-2H3,(H,41,44)(H,42,45)/t28-,29+,34+,35+/m1/s1. The van der Waals surface area contributed by atoms with E-state index in [9.17, 15) is 18.0 Å². The number of anilines is 1. The number of alkyl carbamates (subject to hydrolysis) is 1. The number of piperazine rings is 1. The van der Waals surface area contributed by atoms with Gasteiger partial charge in [0.15, 0.2) is 0 Å². The summed E-state index contributed by atoms with van der Waals surface area (Å²) in [6, 6.07) is 18.2. The van der Waals surface area contributed by atoms with E-state index in [4.69, 9.17) is 21.1 Å². The quantitative estimate of drug-likeness (QED) is 0.194. The molecule has 13 heteroatoms. The Balaban J connectivity index is 1.43. The summed E-state index contributed by atoms with van der Waals surface area (Å²) in [4.78, 5) is 27.1. The molecular weight excluding hydrogens is 683 g/mol. The Morgan fingerprint density at radius 1 is 1.00 bits per heavy atom. The first-order chi connectivity index (χ1) is 24.1. The van der Waals surface area contributed by atoms with Crippen LogP contribution in [0.2, 0.25) is 5.02 Å². The van der Waals surface area contributed by atoms with Crippen molar-refractivity contribution in [1.82, 2.24) is 14.9 Å². The summed E-state index contributed by atoms with van der Waals surface area (Å²) >= 11 is 6.20. The smallest absolute Gasteiger partial charge is 0.407 e. The third-order valence-electron chi connectivity index (χ3n) is 9.65. The highest BCUT2D eigenvalue weighted by molar-refractivity contribution is 7.89. The van der Waals surface area contributed by atoms with Crippen LogP contribution in [0.25, 0.3) is 0 Å². The van der Waals surface area contributed by atoms with Crippen molar-refractivity contribution < 1.29 is 31.9 Å². The van der Waals surface area contributed by atoms with Crippen LogP contribution in [0.15, 0.2) is 77.7 Å². The van der Waals surface area contributed by atoms with Crippen LogP contribution >= 0.6 is 11.6 Å². The number of nitrogens with zero attached hydrogens (tertiary/aromatic N) is 1. The summed E-state index contributed by atoms with van der Waals surface area (Å²) in [7, 11) is -2.61. The summed E-state index contributed by atoms with van der Waals surface area (Å²) in [5.41, 5.74) is 1.31. The van der Waals surface area contributed by atoms with Crippen LogP contribution in [0.1, 0.15) is 56.1 Å². The van der Waals surface area contributed by atoms with Crippen LogP contribution < -0.4 is 16.0 Å². The lowest BCUT2D eigenvalue weighted by Crippen LogP contribution is -2.59. The molecule has 0 spiro atoms. The van der Waals surface area contributed by atoms with Crippen molar-refractivity contribution in [2.75, 3.05) is 38.7 Å². The summed E-state index contributed by atoms with van der Waals surface area (Å²) in [6.45, 7) is 3.98. The molecule has 2 aliphatic rings. The predicted molar refractivity (Wildman–Crippen MR) is 191 cm³/mol. The van der Waals surface area contributed by atoms with Gasteiger partial charge in [-0.15, -0.1) is 0 Å². The van der Waals surface area contributed by atoms with E-state index in [2.05, 4.69) is 16.0 Å². The fraction of sp³-hybridized carbons (Fsp3) is 0.459. The van der Waals surface area contributed by atoms with Gasteiger partial charge in [-0.2, -0.15) is 4.31 Å². The molecule has 3 N–H and O–H groups in total. The summed E-state index contributed by atoms with van der Waals surface area (Å²) in [5.74, 6) is -1.54. The summed E-state index contributed by atoms with van der Waals surface area (Å²) < 4.78 is 55.8. The zero-order valence-electron chi connectivity index (χ0n) is 28.4. The fourth-order valence-electron chi connectivity index (χ4n) is 7.25. The van der Waals surface area contributed by atoms with E-state index in [0.717, 1.165) is 12.0 Å². The van der Waals surface area contributed by atoms with Gasteiger partial charge >= 0.3 is 6.09 Å². The van der Waals surface area contributed by atoms with Crippen molar-refractivity contribution in [3.05, 3.63) is 94.8 Å². The van der Waals surface area contributed by atoms with E-state index in [1.165, 1.54) is 19.2 Å². The molecule has 2 aliphatic heterocycles. The van der Waals surface area contributed by atoms with Gasteiger partial charge in [-0.05, 0) is 80.0 Å². The average molecular weight is 729 g/mol. The lowest BCUT2D eigenvalue weighted by Gasteiger charge is -2.41. The van der Waals surface area contributed by atoms with Crippen LogP contribution in [-0.2, 0) is 30.7 Å². The normalized spacial score (nSPS) is 20.1. The molecule has 2 amide bonds. The average Bonchev–Trinajstić information content (AvgIpc) is 3.12.